The number of benzene rings is 2. The van der Waals surface area contributed by atoms with Crippen LogP contribution in [0.4, 0.5) is 0 Å². The number of hydrogen-bond donors (Lipinski definition) is 0. The summed E-state index contributed by atoms with van der Waals surface area (Å²) >= 11 is 1.60. The first kappa shape index (κ1) is 17.4. The molecule has 4 nitrogen and oxygen atoms in total. The molecule has 0 saturated carbocycles. The van der Waals surface area contributed by atoms with Gasteiger partial charge in [-0.1, -0.05) is 30.0 Å². The molecule has 0 atom stereocenters. The van der Waals surface area contributed by atoms with Gasteiger partial charge in [-0.3, -0.25) is 4.79 Å². The number of ether oxygens (including phenoxy) is 3. The Morgan fingerprint density at radius 3 is 2.68 bits per heavy atom. The molecular weight excluding hydrogens is 336 g/mol. The number of thioether (sulfide) groups is 1. The van der Waals surface area contributed by atoms with Gasteiger partial charge in [-0.2, -0.15) is 0 Å². The van der Waals surface area contributed by atoms with E-state index >= 15 is 0 Å². The van der Waals surface area contributed by atoms with Crippen LogP contribution in [-0.2, 0) is 0 Å². The Morgan fingerprint density at radius 1 is 1.24 bits per heavy atom. The van der Waals surface area contributed by atoms with Crippen molar-refractivity contribution in [1.29, 1.82) is 0 Å². The molecule has 2 aromatic rings. The predicted octanol–water partition coefficient (Wildman–Crippen LogP) is 4.82. The number of methoxy groups -OCH3 is 1. The maximum absolute atomic E-state index is 12.7. The minimum atomic E-state index is -0.116. The normalized spacial score (nSPS) is 13.0. The van der Waals surface area contributed by atoms with Gasteiger partial charge in [0.2, 0.25) is 0 Å². The van der Waals surface area contributed by atoms with Crippen molar-refractivity contribution in [2.45, 2.75) is 24.8 Å². The van der Waals surface area contributed by atoms with Crippen molar-refractivity contribution in [3.05, 3.63) is 53.6 Å². The summed E-state index contributed by atoms with van der Waals surface area (Å²) in [5.74, 6) is 2.56. The Bertz CT molecular complexity index is 794. The zero-order chi connectivity index (χ0) is 17.8. The summed E-state index contributed by atoms with van der Waals surface area (Å²) in [4.78, 5) is 13.7. The number of rotatable bonds is 6. The quantitative estimate of drug-likeness (QED) is 0.548. The first-order chi connectivity index (χ1) is 12.1. The van der Waals surface area contributed by atoms with E-state index in [9.17, 15) is 4.79 Å². The van der Waals surface area contributed by atoms with Crippen molar-refractivity contribution in [1.82, 2.24) is 0 Å². The van der Waals surface area contributed by atoms with Crippen molar-refractivity contribution in [2.24, 2.45) is 0 Å². The molecule has 25 heavy (non-hydrogen) atoms. The fraction of sp³-hybridized carbons (Fsp3) is 0.250. The lowest BCUT2D eigenvalue weighted by molar-refractivity contribution is 0.104. The van der Waals surface area contributed by atoms with Gasteiger partial charge >= 0.3 is 0 Å². The lowest BCUT2D eigenvalue weighted by Gasteiger charge is -2.14. The Kier molecular flexibility index (Phi) is 5.34. The second-order valence-corrected chi connectivity index (χ2v) is 6.80. The third-order valence-electron chi connectivity index (χ3n) is 3.65. The number of allylic oxidation sites excluding steroid dienone is 1. The van der Waals surface area contributed by atoms with Crippen LogP contribution < -0.4 is 14.2 Å². The Balaban J connectivity index is 1.86. The molecule has 1 heterocycles. The lowest BCUT2D eigenvalue weighted by Crippen LogP contribution is -2.09. The van der Waals surface area contributed by atoms with Crippen LogP contribution in [0.5, 0.6) is 17.2 Å². The molecule has 3 rings (SSSR count). The maximum atomic E-state index is 12.7. The second kappa shape index (κ2) is 7.66. The van der Waals surface area contributed by atoms with E-state index in [1.807, 2.05) is 44.2 Å². The van der Waals surface area contributed by atoms with E-state index in [0.29, 0.717) is 17.3 Å². The molecule has 0 aliphatic carbocycles. The highest BCUT2D eigenvalue weighted by molar-refractivity contribution is 7.99. The van der Waals surface area contributed by atoms with Crippen LogP contribution in [-0.4, -0.2) is 24.9 Å². The van der Waals surface area contributed by atoms with Gasteiger partial charge < -0.3 is 14.2 Å². The Labute approximate surface area is 151 Å². The molecule has 0 unspecified atom stereocenters. The van der Waals surface area contributed by atoms with Gasteiger partial charge in [-0.05, 0) is 49.8 Å². The fourth-order valence-corrected chi connectivity index (χ4v) is 3.21. The highest BCUT2D eigenvalue weighted by atomic mass is 32.2. The molecule has 0 saturated heterocycles. The van der Waals surface area contributed by atoms with E-state index in [1.165, 1.54) is 0 Å². The average molecular weight is 356 g/mol. The zero-order valence-corrected chi connectivity index (χ0v) is 15.3. The molecular formula is C20H20O4S. The minimum absolute atomic E-state index is 0.0116. The van der Waals surface area contributed by atoms with Crippen molar-refractivity contribution in [3.8, 4) is 17.2 Å². The van der Waals surface area contributed by atoms with Crippen LogP contribution in [0.25, 0.3) is 6.08 Å². The largest absolute Gasteiger partial charge is 0.497 e. The van der Waals surface area contributed by atoms with Crippen molar-refractivity contribution in [2.75, 3.05) is 13.0 Å². The molecule has 1 aliphatic heterocycles. The van der Waals surface area contributed by atoms with E-state index in [2.05, 4.69) is 0 Å². The molecule has 0 bridgehead atoms. The first-order valence-electron chi connectivity index (χ1n) is 8.03. The molecule has 0 N–H and O–H groups in total. The lowest BCUT2D eigenvalue weighted by atomic mass is 10.1. The number of hydrogen-bond acceptors (Lipinski definition) is 5. The van der Waals surface area contributed by atoms with Crippen molar-refractivity contribution < 1.29 is 19.0 Å². The monoisotopic (exact) mass is 356 g/mol. The smallest absolute Gasteiger partial charge is 0.189 e. The average Bonchev–Trinajstić information content (AvgIpc) is 3.06. The van der Waals surface area contributed by atoms with Crippen LogP contribution >= 0.6 is 11.8 Å². The van der Waals surface area contributed by atoms with Gasteiger partial charge in [0.15, 0.2) is 5.78 Å². The van der Waals surface area contributed by atoms with E-state index in [1.54, 1.807) is 37.1 Å². The van der Waals surface area contributed by atoms with Crippen LogP contribution in [0.2, 0.25) is 0 Å². The highest BCUT2D eigenvalue weighted by Gasteiger charge is 2.20. The van der Waals surface area contributed by atoms with Gasteiger partial charge in [0, 0.05) is 0 Å². The molecule has 5 heteroatoms. The van der Waals surface area contributed by atoms with E-state index in [0.717, 1.165) is 22.0 Å². The van der Waals surface area contributed by atoms with Crippen LogP contribution in [0, 0.1) is 0 Å². The van der Waals surface area contributed by atoms with Gasteiger partial charge in [-0.15, -0.1) is 0 Å². The van der Waals surface area contributed by atoms with Gasteiger partial charge in [-0.25, -0.2) is 0 Å². The van der Waals surface area contributed by atoms with Crippen molar-refractivity contribution >= 4 is 23.6 Å². The van der Waals surface area contributed by atoms with E-state index in [-0.39, 0.29) is 11.9 Å². The summed E-state index contributed by atoms with van der Waals surface area (Å²) in [6, 6.07) is 11.2. The van der Waals surface area contributed by atoms with Crippen molar-refractivity contribution in [3.63, 3.8) is 0 Å². The summed E-state index contributed by atoms with van der Waals surface area (Å²) in [6.07, 6.45) is 3.32. The second-order valence-electron chi connectivity index (χ2n) is 5.84. The van der Waals surface area contributed by atoms with Gasteiger partial charge in [0.1, 0.15) is 23.2 Å². The standard InChI is InChI=1S/C20H20O4S/c1-13(2)24-18-11-20-19(23-12-25-20)10-16(18)17(21)9-6-14-4-7-15(22-3)8-5-14/h4-11,13H,12H2,1-3H3. The number of ketones is 1. The first-order valence-corrected chi connectivity index (χ1v) is 9.02. The number of fused-ring (bicyclic) bond motifs is 1. The van der Waals surface area contributed by atoms with Crippen LogP contribution in [0.3, 0.4) is 0 Å². The predicted molar refractivity (Wildman–Crippen MR) is 99.9 cm³/mol. The minimum Gasteiger partial charge on any atom is -0.497 e. The maximum Gasteiger partial charge on any atom is 0.189 e. The molecule has 2 aromatic carbocycles. The number of carbonyl (C=O) groups is 1. The third-order valence-corrected chi connectivity index (χ3v) is 4.51. The molecule has 1 aliphatic rings. The Hall–Kier alpha value is -2.40. The van der Waals surface area contributed by atoms with Crippen LogP contribution in [0.1, 0.15) is 29.8 Å². The summed E-state index contributed by atoms with van der Waals surface area (Å²) in [7, 11) is 1.62. The summed E-state index contributed by atoms with van der Waals surface area (Å²) in [6.45, 7) is 3.89. The number of carbonyl (C=O) groups excluding carboxylic acids is 1. The molecule has 0 amide bonds. The molecule has 130 valence electrons. The zero-order valence-electron chi connectivity index (χ0n) is 14.4. The highest BCUT2D eigenvalue weighted by Crippen LogP contribution is 2.41. The molecule has 0 aromatic heterocycles. The van der Waals surface area contributed by atoms with Gasteiger partial charge in [0.25, 0.3) is 0 Å². The summed E-state index contributed by atoms with van der Waals surface area (Å²) < 4.78 is 16.5. The van der Waals surface area contributed by atoms with Crippen LogP contribution in [0.15, 0.2) is 47.4 Å². The van der Waals surface area contributed by atoms with E-state index in [4.69, 9.17) is 14.2 Å². The Morgan fingerprint density at radius 2 is 2.00 bits per heavy atom. The molecule has 0 fully saturated rings. The SMILES string of the molecule is COc1ccc(C=CC(=O)c2cc3c(cc2OC(C)C)SCO3)cc1. The molecule has 0 spiro atoms. The molecule has 0 radical (unpaired) electrons. The summed E-state index contributed by atoms with van der Waals surface area (Å²) in [5.41, 5.74) is 1.44. The van der Waals surface area contributed by atoms with E-state index < -0.39 is 0 Å². The topological polar surface area (TPSA) is 44.8 Å². The summed E-state index contributed by atoms with van der Waals surface area (Å²) in [5, 5.41) is 0. The van der Waals surface area contributed by atoms with Gasteiger partial charge in [0.05, 0.1) is 23.7 Å². The third kappa shape index (κ3) is 4.17. The fourth-order valence-electron chi connectivity index (χ4n) is 2.44.